The number of benzene rings is 1. The van der Waals surface area contributed by atoms with E-state index in [0.717, 1.165) is 43.8 Å². The maximum absolute atomic E-state index is 9.93. The van der Waals surface area contributed by atoms with Crippen LogP contribution in [0.2, 0.25) is 0 Å². The zero-order valence-electron chi connectivity index (χ0n) is 12.2. The number of hydrogen-bond acceptors (Lipinski definition) is 4. The van der Waals surface area contributed by atoms with Crippen molar-refractivity contribution in [2.45, 2.75) is 38.9 Å². The van der Waals surface area contributed by atoms with Gasteiger partial charge in [-0.1, -0.05) is 6.07 Å². The minimum Gasteiger partial charge on any atom is -0.389 e. The molecule has 2 rings (SSSR count). The lowest BCUT2D eigenvalue weighted by Gasteiger charge is -2.35. The summed E-state index contributed by atoms with van der Waals surface area (Å²) in [7, 11) is 0. The van der Waals surface area contributed by atoms with Crippen LogP contribution in [0.3, 0.4) is 0 Å². The number of piperidine rings is 1. The van der Waals surface area contributed by atoms with E-state index in [2.05, 4.69) is 11.0 Å². The predicted molar refractivity (Wildman–Crippen MR) is 78.7 cm³/mol. The van der Waals surface area contributed by atoms with Crippen LogP contribution in [0.4, 0.5) is 5.69 Å². The number of nitrogens with zero attached hydrogens (tertiary/aromatic N) is 2. The average Bonchev–Trinajstić information content (AvgIpc) is 2.47. The second-order valence-electron chi connectivity index (χ2n) is 5.23. The van der Waals surface area contributed by atoms with Gasteiger partial charge in [0, 0.05) is 30.9 Å². The standard InChI is InChI=1S/C16H22N2O2/c1-3-20-14-5-4-8-18(11-14)16-9-13(10-17)6-7-15(16)12(2)19/h6-7,9,12,14,19H,3-5,8,11H2,1-2H3/t12-,14?/m1/s1. The summed E-state index contributed by atoms with van der Waals surface area (Å²) >= 11 is 0. The minimum absolute atomic E-state index is 0.237. The van der Waals surface area contributed by atoms with Crippen LogP contribution in [0.1, 0.15) is 43.9 Å². The normalized spacial score (nSPS) is 20.5. The number of ether oxygens (including phenoxy) is 1. The van der Waals surface area contributed by atoms with Crippen molar-refractivity contribution in [2.75, 3.05) is 24.6 Å². The van der Waals surface area contributed by atoms with Crippen LogP contribution in [-0.4, -0.2) is 30.9 Å². The molecule has 1 saturated heterocycles. The first-order chi connectivity index (χ1) is 9.65. The maximum Gasteiger partial charge on any atom is 0.0992 e. The highest BCUT2D eigenvalue weighted by Gasteiger charge is 2.23. The summed E-state index contributed by atoms with van der Waals surface area (Å²) in [5.41, 5.74) is 2.47. The molecule has 1 aromatic rings. The summed E-state index contributed by atoms with van der Waals surface area (Å²) in [5.74, 6) is 0. The molecule has 108 valence electrons. The van der Waals surface area contributed by atoms with E-state index in [-0.39, 0.29) is 6.10 Å². The van der Waals surface area contributed by atoms with Crippen molar-refractivity contribution in [1.29, 1.82) is 5.26 Å². The number of aliphatic hydroxyl groups excluding tert-OH is 1. The van der Waals surface area contributed by atoms with Crippen molar-refractivity contribution in [2.24, 2.45) is 0 Å². The fourth-order valence-electron chi connectivity index (χ4n) is 2.77. The van der Waals surface area contributed by atoms with Gasteiger partial charge >= 0.3 is 0 Å². The monoisotopic (exact) mass is 274 g/mol. The summed E-state index contributed by atoms with van der Waals surface area (Å²) in [4.78, 5) is 2.23. The van der Waals surface area contributed by atoms with Gasteiger partial charge in [0.1, 0.15) is 0 Å². The molecule has 0 bridgehead atoms. The van der Waals surface area contributed by atoms with Crippen molar-refractivity contribution < 1.29 is 9.84 Å². The topological polar surface area (TPSA) is 56.5 Å². The van der Waals surface area contributed by atoms with Gasteiger partial charge in [-0.15, -0.1) is 0 Å². The Bertz CT molecular complexity index is 492. The summed E-state index contributed by atoms with van der Waals surface area (Å²) in [6.07, 6.45) is 1.85. The first kappa shape index (κ1) is 14.8. The van der Waals surface area contributed by atoms with Gasteiger partial charge in [-0.3, -0.25) is 0 Å². The van der Waals surface area contributed by atoms with Crippen LogP contribution >= 0.6 is 0 Å². The Labute approximate surface area is 120 Å². The Morgan fingerprint density at radius 1 is 1.55 bits per heavy atom. The van der Waals surface area contributed by atoms with Gasteiger partial charge in [-0.05, 0) is 38.8 Å². The lowest BCUT2D eigenvalue weighted by atomic mass is 10.0. The molecule has 1 aliphatic heterocycles. The Hall–Kier alpha value is -1.57. The zero-order valence-corrected chi connectivity index (χ0v) is 12.2. The molecule has 0 aliphatic carbocycles. The lowest BCUT2D eigenvalue weighted by molar-refractivity contribution is 0.0525. The molecule has 4 heteroatoms. The van der Waals surface area contributed by atoms with Gasteiger partial charge in [0.15, 0.2) is 0 Å². The van der Waals surface area contributed by atoms with Crippen molar-refractivity contribution >= 4 is 5.69 Å². The Morgan fingerprint density at radius 2 is 2.35 bits per heavy atom. The van der Waals surface area contributed by atoms with Crippen LogP contribution < -0.4 is 4.90 Å². The second-order valence-corrected chi connectivity index (χ2v) is 5.23. The molecule has 1 N–H and O–H groups in total. The van der Waals surface area contributed by atoms with Crippen molar-refractivity contribution in [1.82, 2.24) is 0 Å². The molecule has 1 aromatic carbocycles. The van der Waals surface area contributed by atoms with E-state index in [0.29, 0.717) is 5.56 Å². The van der Waals surface area contributed by atoms with E-state index in [1.54, 1.807) is 13.0 Å². The number of nitriles is 1. The van der Waals surface area contributed by atoms with Crippen LogP contribution in [0.15, 0.2) is 18.2 Å². The van der Waals surface area contributed by atoms with E-state index < -0.39 is 6.10 Å². The summed E-state index contributed by atoms with van der Waals surface area (Å²) in [6.45, 7) is 6.26. The van der Waals surface area contributed by atoms with E-state index in [1.165, 1.54) is 0 Å². The van der Waals surface area contributed by atoms with Gasteiger partial charge in [0.2, 0.25) is 0 Å². The molecule has 0 aromatic heterocycles. The van der Waals surface area contributed by atoms with Gasteiger partial charge in [0.05, 0.1) is 23.8 Å². The molecule has 1 unspecified atom stereocenters. The Balaban J connectivity index is 2.27. The number of rotatable bonds is 4. The SMILES string of the molecule is CCOC1CCCN(c2cc(C#N)ccc2[C@@H](C)O)C1. The smallest absolute Gasteiger partial charge is 0.0992 e. The number of hydrogen-bond donors (Lipinski definition) is 1. The molecule has 4 nitrogen and oxygen atoms in total. The summed E-state index contributed by atoms with van der Waals surface area (Å²) in [5, 5.41) is 19.0. The fraction of sp³-hybridized carbons (Fsp3) is 0.562. The molecule has 0 amide bonds. The predicted octanol–water partition coefficient (Wildman–Crippen LogP) is 2.62. The molecule has 1 fully saturated rings. The summed E-state index contributed by atoms with van der Waals surface area (Å²) < 4.78 is 5.72. The van der Waals surface area contributed by atoms with Crippen LogP contribution in [0, 0.1) is 11.3 Å². The first-order valence-electron chi connectivity index (χ1n) is 7.24. The molecular weight excluding hydrogens is 252 g/mol. The van der Waals surface area contributed by atoms with Crippen LogP contribution in [0.5, 0.6) is 0 Å². The first-order valence-corrected chi connectivity index (χ1v) is 7.24. The lowest BCUT2D eigenvalue weighted by Crippen LogP contribution is -2.40. The second kappa shape index (κ2) is 6.74. The highest BCUT2D eigenvalue weighted by Crippen LogP contribution is 2.30. The van der Waals surface area contributed by atoms with E-state index in [4.69, 9.17) is 10.00 Å². The van der Waals surface area contributed by atoms with Crippen molar-refractivity contribution in [3.8, 4) is 6.07 Å². The highest BCUT2D eigenvalue weighted by molar-refractivity contribution is 5.58. The summed E-state index contributed by atoms with van der Waals surface area (Å²) in [6, 6.07) is 7.65. The molecule has 0 radical (unpaired) electrons. The molecule has 2 atom stereocenters. The molecule has 0 spiro atoms. The molecule has 20 heavy (non-hydrogen) atoms. The number of aliphatic hydroxyl groups is 1. The molecule has 0 saturated carbocycles. The van der Waals surface area contributed by atoms with Crippen molar-refractivity contribution in [3.63, 3.8) is 0 Å². The number of anilines is 1. The minimum atomic E-state index is -0.537. The molecule has 1 aliphatic rings. The van der Waals surface area contributed by atoms with E-state index in [9.17, 15) is 5.11 Å². The van der Waals surface area contributed by atoms with E-state index >= 15 is 0 Å². The van der Waals surface area contributed by atoms with Gasteiger partial charge in [0.25, 0.3) is 0 Å². The highest BCUT2D eigenvalue weighted by atomic mass is 16.5. The van der Waals surface area contributed by atoms with E-state index in [1.807, 2.05) is 19.1 Å². The Morgan fingerprint density at radius 3 is 3.00 bits per heavy atom. The quantitative estimate of drug-likeness (QED) is 0.917. The van der Waals surface area contributed by atoms with Crippen molar-refractivity contribution in [3.05, 3.63) is 29.3 Å². The van der Waals surface area contributed by atoms with Gasteiger partial charge in [-0.25, -0.2) is 0 Å². The third kappa shape index (κ3) is 3.30. The van der Waals surface area contributed by atoms with Crippen LogP contribution in [-0.2, 0) is 4.74 Å². The molecule has 1 heterocycles. The van der Waals surface area contributed by atoms with Crippen LogP contribution in [0.25, 0.3) is 0 Å². The maximum atomic E-state index is 9.93. The van der Waals surface area contributed by atoms with Gasteiger partial charge in [-0.2, -0.15) is 5.26 Å². The fourth-order valence-corrected chi connectivity index (χ4v) is 2.77. The van der Waals surface area contributed by atoms with Gasteiger partial charge < -0.3 is 14.7 Å². The third-order valence-corrected chi connectivity index (χ3v) is 3.73. The zero-order chi connectivity index (χ0) is 14.5. The Kier molecular flexibility index (Phi) is 4.99. The third-order valence-electron chi connectivity index (χ3n) is 3.73. The largest absolute Gasteiger partial charge is 0.389 e. The average molecular weight is 274 g/mol. The molecular formula is C16H22N2O2.